The third-order valence-electron chi connectivity index (χ3n) is 6.27. The van der Waals surface area contributed by atoms with Crippen molar-refractivity contribution in [2.45, 2.75) is 44.4 Å². The minimum absolute atomic E-state index is 0.00118. The van der Waals surface area contributed by atoms with Crippen molar-refractivity contribution in [2.24, 2.45) is 17.8 Å². The van der Waals surface area contributed by atoms with E-state index in [1.165, 1.54) is 12.1 Å². The molecule has 3 aliphatic carbocycles. The highest BCUT2D eigenvalue weighted by Gasteiger charge is 2.47. The number of hydroxylamine groups is 1. The molecule has 0 aromatic heterocycles. The molecule has 1 saturated heterocycles. The number of hydrogen-bond donors (Lipinski definition) is 3. The van der Waals surface area contributed by atoms with Crippen LogP contribution in [0.15, 0.2) is 18.2 Å². The van der Waals surface area contributed by atoms with Gasteiger partial charge in [0.15, 0.2) is 6.61 Å². The summed E-state index contributed by atoms with van der Waals surface area (Å²) in [6, 6.07) is 4.11. The summed E-state index contributed by atoms with van der Waals surface area (Å²) in [6.07, 6.45) is 2.54. The number of hydrogen-bond acceptors (Lipinski definition) is 5. The van der Waals surface area contributed by atoms with Gasteiger partial charge in [-0.15, -0.1) is 0 Å². The molecule has 1 aromatic rings. The van der Waals surface area contributed by atoms with Gasteiger partial charge in [0.25, 0.3) is 5.91 Å². The topological polar surface area (TPSA) is 88.7 Å². The maximum Gasteiger partial charge on any atom is 0.258 e. The number of halogens is 2. The van der Waals surface area contributed by atoms with Gasteiger partial charge in [-0.25, -0.2) is 9.87 Å². The first-order valence-corrected chi connectivity index (χ1v) is 10.3. The first kappa shape index (κ1) is 20.4. The molecule has 3 saturated carbocycles. The van der Waals surface area contributed by atoms with Gasteiger partial charge in [0, 0.05) is 24.7 Å². The predicted molar refractivity (Wildman–Crippen MR) is 104 cm³/mol. The van der Waals surface area contributed by atoms with Crippen molar-refractivity contribution in [1.82, 2.24) is 16.1 Å². The Bertz CT molecular complexity index is 789. The minimum Gasteiger partial charge on any atom is -0.484 e. The lowest BCUT2D eigenvalue weighted by atomic mass is 9.60. The average Bonchev–Trinajstić information content (AvgIpc) is 3.07. The highest BCUT2D eigenvalue weighted by atomic mass is 35.5. The lowest BCUT2D eigenvalue weighted by Crippen LogP contribution is -2.60. The summed E-state index contributed by atoms with van der Waals surface area (Å²) in [5, 5.41) is 6.17. The summed E-state index contributed by atoms with van der Waals surface area (Å²) in [7, 11) is 0. The van der Waals surface area contributed by atoms with Crippen molar-refractivity contribution in [3.63, 3.8) is 0 Å². The second-order valence-corrected chi connectivity index (χ2v) is 8.57. The van der Waals surface area contributed by atoms with Gasteiger partial charge >= 0.3 is 0 Å². The van der Waals surface area contributed by atoms with Gasteiger partial charge in [0.1, 0.15) is 11.6 Å². The van der Waals surface area contributed by atoms with Crippen molar-refractivity contribution in [3.8, 4) is 5.75 Å². The molecular formula is C20H25ClFN3O4. The number of benzene rings is 1. The number of fused-ring (bicyclic) bond motifs is 2. The first-order chi connectivity index (χ1) is 13.9. The van der Waals surface area contributed by atoms with E-state index in [2.05, 4.69) is 16.1 Å². The average molecular weight is 426 g/mol. The molecule has 1 aliphatic heterocycles. The molecule has 2 bridgehead atoms. The van der Waals surface area contributed by atoms with Crippen LogP contribution < -0.4 is 20.9 Å². The highest BCUT2D eigenvalue weighted by Crippen LogP contribution is 2.45. The molecule has 5 rings (SSSR count). The third-order valence-corrected chi connectivity index (χ3v) is 6.57. The Morgan fingerprint density at radius 2 is 1.97 bits per heavy atom. The lowest BCUT2D eigenvalue weighted by molar-refractivity contribution is -0.129. The number of nitrogens with one attached hydrogen (secondary N) is 3. The first-order valence-electron chi connectivity index (χ1n) is 9.97. The molecule has 29 heavy (non-hydrogen) atoms. The number of amides is 2. The van der Waals surface area contributed by atoms with Crippen molar-refractivity contribution in [1.29, 1.82) is 0 Å². The third kappa shape index (κ3) is 4.49. The SMILES string of the molecule is CC1ONCC1C(=O)NC1C[C@H](NC(=O)COc2ccc(Cl)c(F)c2)C2CC1C2. The van der Waals surface area contributed by atoms with Gasteiger partial charge in [-0.2, -0.15) is 0 Å². The van der Waals surface area contributed by atoms with Crippen molar-refractivity contribution < 1.29 is 23.6 Å². The molecule has 4 atom stereocenters. The fourth-order valence-corrected chi connectivity index (χ4v) is 4.57. The van der Waals surface area contributed by atoms with Gasteiger partial charge in [-0.3, -0.25) is 14.4 Å². The summed E-state index contributed by atoms with van der Waals surface area (Å²) in [4.78, 5) is 30.1. The van der Waals surface area contributed by atoms with Gasteiger partial charge in [-0.1, -0.05) is 11.6 Å². The summed E-state index contributed by atoms with van der Waals surface area (Å²) < 4.78 is 18.8. The van der Waals surface area contributed by atoms with Crippen LogP contribution in [0, 0.1) is 23.6 Å². The number of ether oxygens (including phenoxy) is 1. The summed E-state index contributed by atoms with van der Waals surface area (Å²) >= 11 is 5.64. The van der Waals surface area contributed by atoms with E-state index in [-0.39, 0.29) is 53.3 Å². The lowest BCUT2D eigenvalue weighted by Gasteiger charge is -2.51. The molecule has 2 amide bonds. The van der Waals surface area contributed by atoms with E-state index < -0.39 is 5.82 Å². The van der Waals surface area contributed by atoms with Crippen LogP contribution in [0.4, 0.5) is 4.39 Å². The number of carbonyl (C=O) groups excluding carboxylic acids is 2. The molecule has 3 unspecified atom stereocenters. The zero-order chi connectivity index (χ0) is 20.5. The zero-order valence-electron chi connectivity index (χ0n) is 16.1. The maximum atomic E-state index is 13.5. The van der Waals surface area contributed by atoms with E-state index in [1.54, 1.807) is 0 Å². The van der Waals surface area contributed by atoms with E-state index in [0.717, 1.165) is 18.9 Å². The molecule has 3 N–H and O–H groups in total. The monoisotopic (exact) mass is 425 g/mol. The largest absolute Gasteiger partial charge is 0.484 e. The Labute approximate surface area is 173 Å². The van der Waals surface area contributed by atoms with Crippen LogP contribution in [-0.2, 0) is 14.4 Å². The molecule has 4 aliphatic rings. The summed E-state index contributed by atoms with van der Waals surface area (Å²) in [6.45, 7) is 2.18. The van der Waals surface area contributed by atoms with Crippen LogP contribution >= 0.6 is 11.6 Å². The van der Waals surface area contributed by atoms with Crippen LogP contribution in [-0.4, -0.2) is 43.2 Å². The molecule has 1 aromatic carbocycles. The number of rotatable bonds is 6. The second kappa shape index (κ2) is 8.45. The maximum absolute atomic E-state index is 13.5. The standard InChI is InChI=1S/C20H25ClFN3O4/c1-10-14(8-23-29-10)20(27)25-18-7-17(11-4-12(18)5-11)24-19(26)9-28-13-2-3-15(21)16(22)6-13/h2-3,6,10-12,14,17-18,23H,4-5,7-9H2,1H3,(H,24,26)(H,25,27)/t10?,11?,12?,14?,17-,18?/m0/s1. The van der Waals surface area contributed by atoms with Crippen LogP contribution in [0.2, 0.25) is 5.02 Å². The molecule has 4 fully saturated rings. The van der Waals surface area contributed by atoms with Gasteiger partial charge in [0.05, 0.1) is 17.0 Å². The second-order valence-electron chi connectivity index (χ2n) is 8.16. The Balaban J connectivity index is 1.27. The molecule has 1 heterocycles. The van der Waals surface area contributed by atoms with Crippen LogP contribution in [0.1, 0.15) is 26.2 Å². The molecular weight excluding hydrogens is 401 g/mol. The Hall–Kier alpha value is -1.90. The summed E-state index contributed by atoms with van der Waals surface area (Å²) in [5.74, 6) is 0.0958. The van der Waals surface area contributed by atoms with Gasteiger partial charge in [-0.05, 0) is 50.2 Å². The Kier molecular flexibility index (Phi) is 5.94. The number of carbonyl (C=O) groups is 2. The predicted octanol–water partition coefficient (Wildman–Crippen LogP) is 1.80. The van der Waals surface area contributed by atoms with Gasteiger partial charge < -0.3 is 15.4 Å². The van der Waals surface area contributed by atoms with E-state index >= 15 is 0 Å². The quantitative estimate of drug-likeness (QED) is 0.646. The fourth-order valence-electron chi connectivity index (χ4n) is 4.45. The van der Waals surface area contributed by atoms with E-state index in [9.17, 15) is 14.0 Å². The smallest absolute Gasteiger partial charge is 0.258 e. The molecule has 158 valence electrons. The van der Waals surface area contributed by atoms with E-state index in [4.69, 9.17) is 21.2 Å². The zero-order valence-corrected chi connectivity index (χ0v) is 16.9. The van der Waals surface area contributed by atoms with Crippen LogP contribution in [0.3, 0.4) is 0 Å². The van der Waals surface area contributed by atoms with Crippen molar-refractivity contribution in [3.05, 3.63) is 29.0 Å². The Morgan fingerprint density at radius 1 is 1.24 bits per heavy atom. The normalized spacial score (nSPS) is 32.9. The molecule has 0 spiro atoms. The summed E-state index contributed by atoms with van der Waals surface area (Å²) in [5.41, 5.74) is 2.77. The van der Waals surface area contributed by atoms with Crippen molar-refractivity contribution >= 4 is 23.4 Å². The minimum atomic E-state index is -0.590. The van der Waals surface area contributed by atoms with Crippen molar-refractivity contribution in [2.75, 3.05) is 13.2 Å². The van der Waals surface area contributed by atoms with Gasteiger partial charge in [0.2, 0.25) is 5.91 Å². The van der Waals surface area contributed by atoms with E-state index in [0.29, 0.717) is 24.8 Å². The molecule has 7 nitrogen and oxygen atoms in total. The Morgan fingerprint density at radius 3 is 2.62 bits per heavy atom. The van der Waals surface area contributed by atoms with Crippen LogP contribution in [0.25, 0.3) is 0 Å². The fraction of sp³-hybridized carbons (Fsp3) is 0.600. The van der Waals surface area contributed by atoms with Crippen LogP contribution in [0.5, 0.6) is 5.75 Å². The molecule has 0 radical (unpaired) electrons. The van der Waals surface area contributed by atoms with E-state index in [1.807, 2.05) is 6.92 Å². The highest BCUT2D eigenvalue weighted by molar-refractivity contribution is 6.30. The molecule has 9 heteroatoms.